The van der Waals surface area contributed by atoms with E-state index >= 15 is 0 Å². The summed E-state index contributed by atoms with van der Waals surface area (Å²) in [7, 11) is 0. The summed E-state index contributed by atoms with van der Waals surface area (Å²) in [5.74, 6) is 1.71. The average molecular weight is 510 g/mol. The number of furan rings is 1. The zero-order valence-corrected chi connectivity index (χ0v) is 22.7. The lowest BCUT2D eigenvalue weighted by atomic mass is 10.0. The standard InChI is InChI=1S/C31H21NO2.C5H10/c1-19-8-2-5-11-27(19)33-28-12-6-3-9-21(28)20-14-16-25-24(18-20)30-26(32-25)17-15-23-22-10-4-7-13-29(22)34-31(23)30;1-4-5(2)3/h2-18,32H,1H3;4H,1-3H3. The summed E-state index contributed by atoms with van der Waals surface area (Å²) in [6.45, 7) is 8.27. The minimum Gasteiger partial charge on any atom is -0.456 e. The van der Waals surface area contributed by atoms with Crippen LogP contribution in [-0.2, 0) is 0 Å². The van der Waals surface area contributed by atoms with Gasteiger partial charge in [0, 0.05) is 27.2 Å². The summed E-state index contributed by atoms with van der Waals surface area (Å²) in [5, 5.41) is 4.53. The summed E-state index contributed by atoms with van der Waals surface area (Å²) in [5.41, 5.74) is 8.64. The lowest BCUT2D eigenvalue weighted by Gasteiger charge is -2.13. The van der Waals surface area contributed by atoms with E-state index in [1.165, 1.54) is 5.57 Å². The number of aryl methyl sites for hydroxylation is 1. The van der Waals surface area contributed by atoms with Crippen molar-refractivity contribution in [2.24, 2.45) is 0 Å². The first-order valence-electron chi connectivity index (χ1n) is 13.3. The molecule has 2 aromatic heterocycles. The summed E-state index contributed by atoms with van der Waals surface area (Å²) >= 11 is 0. The lowest BCUT2D eigenvalue weighted by Crippen LogP contribution is -1.90. The van der Waals surface area contributed by atoms with Crippen molar-refractivity contribution in [2.45, 2.75) is 27.7 Å². The molecule has 0 aliphatic carbocycles. The molecule has 0 spiro atoms. The number of ether oxygens (including phenoxy) is 1. The fourth-order valence-corrected chi connectivity index (χ4v) is 4.92. The number of benzene rings is 5. The van der Waals surface area contributed by atoms with Gasteiger partial charge in [0.1, 0.15) is 22.7 Å². The third-order valence-corrected chi connectivity index (χ3v) is 7.19. The quantitative estimate of drug-likeness (QED) is 0.241. The van der Waals surface area contributed by atoms with Gasteiger partial charge in [-0.25, -0.2) is 0 Å². The van der Waals surface area contributed by atoms with Crippen LogP contribution in [0.5, 0.6) is 11.5 Å². The molecule has 0 unspecified atom stereocenters. The van der Waals surface area contributed by atoms with Crippen LogP contribution < -0.4 is 4.74 Å². The van der Waals surface area contributed by atoms with Gasteiger partial charge >= 0.3 is 0 Å². The molecule has 7 aromatic rings. The van der Waals surface area contributed by atoms with Gasteiger partial charge in [0.05, 0.1) is 10.9 Å². The van der Waals surface area contributed by atoms with Crippen molar-refractivity contribution in [3.8, 4) is 22.6 Å². The highest BCUT2D eigenvalue weighted by Crippen LogP contribution is 2.40. The Morgan fingerprint density at radius 1 is 0.718 bits per heavy atom. The fourth-order valence-electron chi connectivity index (χ4n) is 4.92. The van der Waals surface area contributed by atoms with E-state index in [-0.39, 0.29) is 0 Å². The molecule has 1 N–H and O–H groups in total. The van der Waals surface area contributed by atoms with E-state index in [0.29, 0.717) is 0 Å². The number of nitrogens with one attached hydrogen (secondary N) is 1. The van der Waals surface area contributed by atoms with Crippen LogP contribution in [0.15, 0.2) is 119 Å². The molecule has 0 saturated heterocycles. The molecule has 0 saturated carbocycles. The van der Waals surface area contributed by atoms with Crippen LogP contribution in [0.25, 0.3) is 54.9 Å². The van der Waals surface area contributed by atoms with Crippen LogP contribution in [-0.4, -0.2) is 4.98 Å². The van der Waals surface area contributed by atoms with E-state index in [4.69, 9.17) is 9.15 Å². The minimum atomic E-state index is 0.838. The predicted molar refractivity (Wildman–Crippen MR) is 165 cm³/mol. The maximum absolute atomic E-state index is 6.36. The van der Waals surface area contributed by atoms with Crippen molar-refractivity contribution in [3.05, 3.63) is 120 Å². The molecule has 3 nitrogen and oxygen atoms in total. The lowest BCUT2D eigenvalue weighted by molar-refractivity contribution is 0.480. The number of rotatable bonds is 3. The van der Waals surface area contributed by atoms with Crippen LogP contribution in [0, 0.1) is 6.92 Å². The van der Waals surface area contributed by atoms with Gasteiger partial charge in [0.2, 0.25) is 0 Å². The predicted octanol–water partition coefficient (Wildman–Crippen LogP) is 11.0. The van der Waals surface area contributed by atoms with E-state index in [9.17, 15) is 0 Å². The molecule has 0 amide bonds. The van der Waals surface area contributed by atoms with Crippen molar-refractivity contribution in [2.75, 3.05) is 0 Å². The van der Waals surface area contributed by atoms with Crippen molar-refractivity contribution in [1.29, 1.82) is 0 Å². The second-order valence-corrected chi connectivity index (χ2v) is 10.1. The number of aromatic nitrogens is 1. The van der Waals surface area contributed by atoms with Gasteiger partial charge in [-0.15, -0.1) is 0 Å². The first-order chi connectivity index (χ1) is 19.0. The molecule has 0 fully saturated rings. The smallest absolute Gasteiger partial charge is 0.145 e. The summed E-state index contributed by atoms with van der Waals surface area (Å²) in [6.07, 6.45) is 2.08. The van der Waals surface area contributed by atoms with Gasteiger partial charge in [-0.05, 0) is 81.3 Å². The van der Waals surface area contributed by atoms with Gasteiger partial charge in [0.15, 0.2) is 0 Å². The molecular formula is C36H31NO2. The molecule has 2 heterocycles. The minimum absolute atomic E-state index is 0.838. The molecule has 3 heteroatoms. The topological polar surface area (TPSA) is 38.2 Å². The van der Waals surface area contributed by atoms with Gasteiger partial charge < -0.3 is 14.1 Å². The van der Waals surface area contributed by atoms with Crippen LogP contribution >= 0.6 is 0 Å². The van der Waals surface area contributed by atoms with Crippen LogP contribution in [0.3, 0.4) is 0 Å². The van der Waals surface area contributed by atoms with Crippen molar-refractivity contribution in [3.63, 3.8) is 0 Å². The Hall–Kier alpha value is -4.76. The van der Waals surface area contributed by atoms with Gasteiger partial charge in [-0.1, -0.05) is 72.3 Å². The number of para-hydroxylation sites is 3. The molecule has 5 aromatic carbocycles. The largest absolute Gasteiger partial charge is 0.456 e. The normalized spacial score (nSPS) is 11.1. The van der Waals surface area contributed by atoms with Gasteiger partial charge in [0.25, 0.3) is 0 Å². The monoisotopic (exact) mass is 509 g/mol. The Balaban J connectivity index is 0.000000510. The third kappa shape index (κ3) is 4.57. The number of allylic oxidation sites excluding steroid dienone is 2. The highest BCUT2D eigenvalue weighted by Gasteiger charge is 2.16. The second kappa shape index (κ2) is 10.2. The number of hydrogen-bond donors (Lipinski definition) is 1. The first kappa shape index (κ1) is 24.6. The van der Waals surface area contributed by atoms with Crippen molar-refractivity contribution in [1.82, 2.24) is 4.98 Å². The maximum atomic E-state index is 6.36. The zero-order chi connectivity index (χ0) is 26.9. The second-order valence-electron chi connectivity index (χ2n) is 10.1. The Bertz CT molecular complexity index is 1980. The summed E-state index contributed by atoms with van der Waals surface area (Å²) in [4.78, 5) is 3.56. The van der Waals surface area contributed by atoms with Gasteiger partial charge in [-0.2, -0.15) is 0 Å². The molecule has 0 radical (unpaired) electrons. The SMILES string of the molecule is CC=C(C)C.Cc1ccccc1Oc1ccccc1-c1ccc2[nH]c3ccc4c5ccccc5oc4c3c2c1. The number of fused-ring (bicyclic) bond motifs is 7. The highest BCUT2D eigenvalue weighted by atomic mass is 16.5. The molecule has 0 bridgehead atoms. The first-order valence-corrected chi connectivity index (χ1v) is 13.3. The molecule has 39 heavy (non-hydrogen) atoms. The Labute approximate surface area is 228 Å². The average Bonchev–Trinajstić information content (AvgIpc) is 3.52. The van der Waals surface area contributed by atoms with E-state index in [1.807, 2.05) is 49.4 Å². The van der Waals surface area contributed by atoms with Crippen LogP contribution in [0.4, 0.5) is 0 Å². The van der Waals surface area contributed by atoms with E-state index in [2.05, 4.69) is 92.5 Å². The molecule has 0 aliphatic rings. The van der Waals surface area contributed by atoms with Gasteiger partial charge in [-0.3, -0.25) is 0 Å². The zero-order valence-electron chi connectivity index (χ0n) is 22.7. The summed E-state index contributed by atoms with van der Waals surface area (Å²) in [6, 6.07) is 35.3. The number of aromatic amines is 1. The highest BCUT2D eigenvalue weighted by molar-refractivity contribution is 6.23. The summed E-state index contributed by atoms with van der Waals surface area (Å²) < 4.78 is 12.7. The fraction of sp³-hybridized carbons (Fsp3) is 0.111. The van der Waals surface area contributed by atoms with E-state index in [1.54, 1.807) is 0 Å². The van der Waals surface area contributed by atoms with E-state index < -0.39 is 0 Å². The van der Waals surface area contributed by atoms with Crippen LogP contribution in [0.2, 0.25) is 0 Å². The Morgan fingerprint density at radius 3 is 2.21 bits per heavy atom. The molecule has 0 atom stereocenters. The van der Waals surface area contributed by atoms with Crippen LogP contribution in [0.1, 0.15) is 26.3 Å². The molecule has 7 rings (SSSR count). The van der Waals surface area contributed by atoms with Crippen molar-refractivity contribution < 1.29 is 9.15 Å². The van der Waals surface area contributed by atoms with Crippen molar-refractivity contribution >= 4 is 43.7 Å². The number of H-pyrrole nitrogens is 1. The molecular weight excluding hydrogens is 478 g/mol. The number of hydrogen-bond acceptors (Lipinski definition) is 2. The third-order valence-electron chi connectivity index (χ3n) is 7.19. The van der Waals surface area contributed by atoms with E-state index in [0.717, 1.165) is 71.9 Å². The maximum Gasteiger partial charge on any atom is 0.145 e. The Kier molecular flexibility index (Phi) is 6.42. The molecule has 0 aliphatic heterocycles. The Morgan fingerprint density at radius 2 is 1.41 bits per heavy atom. The molecule has 192 valence electrons.